The minimum atomic E-state index is -3.30. The molecular weight excluding hydrogens is 296 g/mol. The maximum atomic E-state index is 11.5. The summed E-state index contributed by atoms with van der Waals surface area (Å²) >= 11 is 1.05. The number of nitrogens with zero attached hydrogens (tertiary/aromatic N) is 2. The van der Waals surface area contributed by atoms with Crippen molar-refractivity contribution in [2.75, 3.05) is 6.26 Å². The highest BCUT2D eigenvalue weighted by atomic mass is 32.2. The Balaban J connectivity index is 1.94. The highest BCUT2D eigenvalue weighted by Gasteiger charge is 2.15. The third-order valence-electron chi connectivity index (χ3n) is 2.71. The van der Waals surface area contributed by atoms with E-state index < -0.39 is 9.84 Å². The molecule has 7 heteroatoms. The van der Waals surface area contributed by atoms with Crippen LogP contribution in [0, 0.1) is 0 Å². The predicted molar refractivity (Wildman–Crippen MR) is 77.6 cm³/mol. The average Bonchev–Trinajstić information content (AvgIpc) is 2.83. The summed E-state index contributed by atoms with van der Waals surface area (Å²) in [5.74, 6) is 1.20. The van der Waals surface area contributed by atoms with Gasteiger partial charge in [0.25, 0.3) is 0 Å². The van der Waals surface area contributed by atoms with Gasteiger partial charge in [-0.05, 0) is 31.1 Å². The summed E-state index contributed by atoms with van der Waals surface area (Å²) in [5, 5.41) is 0. The largest absolute Gasteiger partial charge is 0.439 e. The minimum absolute atomic E-state index is 0.0777. The first-order valence-corrected chi connectivity index (χ1v) is 8.75. The van der Waals surface area contributed by atoms with E-state index in [0.717, 1.165) is 36.2 Å². The number of ether oxygens (including phenoxy) is 1. The number of hydrogen-bond acceptors (Lipinski definition) is 6. The van der Waals surface area contributed by atoms with Crippen molar-refractivity contribution in [3.8, 4) is 5.88 Å². The predicted octanol–water partition coefficient (Wildman–Crippen LogP) is 2.71. The molecule has 3 rings (SSSR count). The van der Waals surface area contributed by atoms with E-state index in [1.807, 2.05) is 18.2 Å². The highest BCUT2D eigenvalue weighted by molar-refractivity contribution is 7.92. The van der Waals surface area contributed by atoms with Gasteiger partial charge in [-0.1, -0.05) is 17.4 Å². The van der Waals surface area contributed by atoms with Crippen LogP contribution in [-0.2, 0) is 9.84 Å². The molecule has 0 unspecified atom stereocenters. The fraction of sp³-hybridized carbons (Fsp3) is 0.231. The number of thiazole rings is 1. The van der Waals surface area contributed by atoms with E-state index in [1.54, 1.807) is 12.1 Å². The van der Waals surface area contributed by atoms with E-state index in [9.17, 15) is 8.42 Å². The second-order valence-corrected chi connectivity index (χ2v) is 7.58. The molecule has 5 nitrogen and oxygen atoms in total. The lowest BCUT2D eigenvalue weighted by atomic mass is 10.2. The van der Waals surface area contributed by atoms with E-state index in [4.69, 9.17) is 4.74 Å². The Hall–Kier alpha value is -1.73. The monoisotopic (exact) mass is 308 g/mol. The molecule has 0 aliphatic heterocycles. The first-order chi connectivity index (χ1) is 9.52. The molecule has 104 valence electrons. The van der Waals surface area contributed by atoms with Crippen molar-refractivity contribution in [1.82, 2.24) is 9.97 Å². The van der Waals surface area contributed by atoms with Crippen LogP contribution in [0.5, 0.6) is 5.88 Å². The van der Waals surface area contributed by atoms with Gasteiger partial charge >= 0.3 is 0 Å². The third-order valence-corrected chi connectivity index (χ3v) is 5.35. The van der Waals surface area contributed by atoms with Gasteiger partial charge in [-0.3, -0.25) is 0 Å². The van der Waals surface area contributed by atoms with Crippen LogP contribution < -0.4 is 4.74 Å². The van der Waals surface area contributed by atoms with Gasteiger partial charge in [0.05, 0.1) is 0 Å². The fourth-order valence-electron chi connectivity index (χ4n) is 1.78. The lowest BCUT2D eigenvalue weighted by molar-refractivity contribution is 0.424. The molecule has 20 heavy (non-hydrogen) atoms. The highest BCUT2D eigenvalue weighted by Crippen LogP contribution is 2.26. The Labute approximate surface area is 120 Å². The van der Waals surface area contributed by atoms with Crippen LogP contribution in [0.1, 0.15) is 12.8 Å². The standard InChI is InChI=1S/C13H12N2O3S2/c1-20(16,17)13-14-10-7-8-11(15-12(10)19-13)18-9-5-3-2-4-6-9/h3,5-8H,2,4H2,1H3. The Bertz CT molecular complexity index is 819. The summed E-state index contributed by atoms with van der Waals surface area (Å²) in [7, 11) is -3.30. The second kappa shape index (κ2) is 4.99. The molecule has 0 aromatic carbocycles. The molecule has 2 aromatic rings. The molecule has 0 amide bonds. The molecule has 0 saturated carbocycles. The molecule has 0 saturated heterocycles. The van der Waals surface area contributed by atoms with Crippen LogP contribution in [0.25, 0.3) is 10.3 Å². The number of aromatic nitrogens is 2. The van der Waals surface area contributed by atoms with E-state index >= 15 is 0 Å². The van der Waals surface area contributed by atoms with Gasteiger partial charge in [0.2, 0.25) is 20.1 Å². The van der Waals surface area contributed by atoms with Gasteiger partial charge in [0.1, 0.15) is 16.1 Å². The van der Waals surface area contributed by atoms with E-state index in [-0.39, 0.29) is 4.34 Å². The molecule has 0 radical (unpaired) electrons. The topological polar surface area (TPSA) is 69.2 Å². The van der Waals surface area contributed by atoms with Gasteiger partial charge in [0, 0.05) is 12.3 Å². The summed E-state index contributed by atoms with van der Waals surface area (Å²) in [6.07, 6.45) is 9.06. The molecule has 0 fully saturated rings. The van der Waals surface area contributed by atoms with Crippen LogP contribution in [0.4, 0.5) is 0 Å². The van der Waals surface area contributed by atoms with Gasteiger partial charge in [-0.15, -0.1) is 0 Å². The molecule has 0 N–H and O–H groups in total. The summed E-state index contributed by atoms with van der Waals surface area (Å²) in [6, 6.07) is 3.41. The van der Waals surface area contributed by atoms with Gasteiger partial charge in [-0.25, -0.2) is 18.4 Å². The summed E-state index contributed by atoms with van der Waals surface area (Å²) in [5.41, 5.74) is 0.566. The minimum Gasteiger partial charge on any atom is -0.439 e. The first-order valence-electron chi connectivity index (χ1n) is 6.04. The smallest absolute Gasteiger partial charge is 0.220 e. The summed E-state index contributed by atoms with van der Waals surface area (Å²) in [6.45, 7) is 0. The molecule has 0 atom stereocenters. The Kier molecular flexibility index (Phi) is 3.31. The zero-order valence-corrected chi connectivity index (χ0v) is 12.4. The molecule has 1 aliphatic rings. The van der Waals surface area contributed by atoms with Crippen LogP contribution in [-0.4, -0.2) is 24.6 Å². The fourth-order valence-corrected chi connectivity index (χ4v) is 3.55. The maximum Gasteiger partial charge on any atom is 0.220 e. The Morgan fingerprint density at radius 1 is 1.25 bits per heavy atom. The van der Waals surface area contributed by atoms with Gasteiger partial charge < -0.3 is 4.74 Å². The van der Waals surface area contributed by atoms with E-state index in [1.165, 1.54) is 0 Å². The molecule has 2 heterocycles. The number of hydrogen-bond donors (Lipinski definition) is 0. The van der Waals surface area contributed by atoms with Crippen molar-refractivity contribution in [1.29, 1.82) is 0 Å². The number of pyridine rings is 1. The second-order valence-electron chi connectivity index (χ2n) is 4.41. The summed E-state index contributed by atoms with van der Waals surface area (Å²) in [4.78, 5) is 8.91. The van der Waals surface area contributed by atoms with Gasteiger partial charge in [-0.2, -0.15) is 0 Å². The SMILES string of the molecule is CS(=O)(=O)c1nc2ccc(OC3=CCCC=C3)nc2s1. The lowest BCUT2D eigenvalue weighted by Crippen LogP contribution is -1.96. The van der Waals surface area contributed by atoms with Crippen molar-refractivity contribution in [2.45, 2.75) is 17.2 Å². The third kappa shape index (κ3) is 2.73. The van der Waals surface area contributed by atoms with Crippen molar-refractivity contribution in [2.24, 2.45) is 0 Å². The van der Waals surface area contributed by atoms with E-state index in [0.29, 0.717) is 16.2 Å². The van der Waals surface area contributed by atoms with Crippen LogP contribution in [0.2, 0.25) is 0 Å². The Morgan fingerprint density at radius 3 is 2.80 bits per heavy atom. The first kappa shape index (κ1) is 13.3. The number of rotatable bonds is 3. The average molecular weight is 308 g/mol. The van der Waals surface area contributed by atoms with Crippen LogP contribution in [0.3, 0.4) is 0 Å². The number of sulfone groups is 1. The molecule has 1 aliphatic carbocycles. The number of fused-ring (bicyclic) bond motifs is 1. The maximum absolute atomic E-state index is 11.5. The zero-order valence-electron chi connectivity index (χ0n) is 10.7. The molecular formula is C13H12N2O3S2. The number of allylic oxidation sites excluding steroid dienone is 3. The summed E-state index contributed by atoms with van der Waals surface area (Å²) < 4.78 is 28.7. The van der Waals surface area contributed by atoms with Crippen molar-refractivity contribution in [3.63, 3.8) is 0 Å². The molecule has 0 spiro atoms. The Morgan fingerprint density at radius 2 is 2.10 bits per heavy atom. The van der Waals surface area contributed by atoms with Crippen molar-refractivity contribution in [3.05, 3.63) is 36.1 Å². The molecule has 0 bridgehead atoms. The van der Waals surface area contributed by atoms with Crippen molar-refractivity contribution >= 4 is 31.5 Å². The molecule has 2 aromatic heterocycles. The van der Waals surface area contributed by atoms with Crippen LogP contribution >= 0.6 is 11.3 Å². The quantitative estimate of drug-likeness (QED) is 0.872. The van der Waals surface area contributed by atoms with E-state index in [2.05, 4.69) is 9.97 Å². The normalized spacial score (nSPS) is 15.3. The van der Waals surface area contributed by atoms with Crippen molar-refractivity contribution < 1.29 is 13.2 Å². The van der Waals surface area contributed by atoms with Gasteiger partial charge in [0.15, 0.2) is 0 Å². The lowest BCUT2D eigenvalue weighted by Gasteiger charge is -2.07. The zero-order chi connectivity index (χ0) is 14.2. The van der Waals surface area contributed by atoms with Crippen LogP contribution in [0.15, 0.2) is 40.5 Å².